The van der Waals surface area contributed by atoms with Crippen LogP contribution in [0.1, 0.15) is 42.2 Å². The first-order valence-corrected chi connectivity index (χ1v) is 8.27. The molecule has 0 aliphatic carbocycles. The van der Waals surface area contributed by atoms with Gasteiger partial charge in [0.25, 0.3) is 0 Å². The summed E-state index contributed by atoms with van der Waals surface area (Å²) < 4.78 is 6.08. The molecule has 0 radical (unpaired) electrons. The molecule has 2 aliphatic rings. The maximum atomic E-state index is 6.08. The average Bonchev–Trinajstić information content (AvgIpc) is 2.83. The molecule has 0 unspecified atom stereocenters. The van der Waals surface area contributed by atoms with Gasteiger partial charge in [0.05, 0.1) is 0 Å². The lowest BCUT2D eigenvalue weighted by Crippen LogP contribution is -2.50. The quantitative estimate of drug-likeness (QED) is 0.921. The van der Waals surface area contributed by atoms with E-state index in [9.17, 15) is 0 Å². The number of ether oxygens (including phenoxy) is 1. The Hall–Kier alpha value is -1.64. The van der Waals surface area contributed by atoms with Crippen molar-refractivity contribution in [3.8, 4) is 0 Å². The zero-order chi connectivity index (χ0) is 15.0. The van der Waals surface area contributed by atoms with Gasteiger partial charge in [0.2, 0.25) is 0 Å². The van der Waals surface area contributed by atoms with Gasteiger partial charge in [-0.05, 0) is 30.4 Å². The second kappa shape index (κ2) is 5.53. The summed E-state index contributed by atoms with van der Waals surface area (Å²) in [4.78, 5) is 0. The molecular formula is C20H23NO. The smallest absolute Gasteiger partial charge is 0.126 e. The van der Waals surface area contributed by atoms with Crippen LogP contribution in [0.4, 0.5) is 0 Å². The molecule has 114 valence electrons. The van der Waals surface area contributed by atoms with E-state index in [1.165, 1.54) is 24.0 Å². The van der Waals surface area contributed by atoms with Crippen molar-refractivity contribution >= 4 is 0 Å². The molecule has 0 spiro atoms. The van der Waals surface area contributed by atoms with Crippen LogP contribution in [0.15, 0.2) is 60.7 Å². The lowest BCUT2D eigenvalue weighted by Gasteiger charge is -2.37. The maximum Gasteiger partial charge on any atom is 0.126 e. The number of rotatable bonds is 3. The Bertz CT molecular complexity index is 627. The Labute approximate surface area is 132 Å². The number of piperidine rings is 1. The summed E-state index contributed by atoms with van der Waals surface area (Å²) in [5.41, 5.74) is 2.59. The van der Waals surface area contributed by atoms with E-state index in [-0.39, 0.29) is 5.72 Å². The molecule has 2 aliphatic heterocycles. The largest absolute Gasteiger partial charge is 0.363 e. The zero-order valence-electron chi connectivity index (χ0n) is 13.0. The predicted octanol–water partition coefficient (Wildman–Crippen LogP) is 4.05. The summed E-state index contributed by atoms with van der Waals surface area (Å²) in [6.45, 7) is 0. The summed E-state index contributed by atoms with van der Waals surface area (Å²) >= 11 is 0. The minimum Gasteiger partial charge on any atom is -0.363 e. The molecule has 2 bridgehead atoms. The van der Waals surface area contributed by atoms with Crippen molar-refractivity contribution in [2.45, 2.75) is 42.9 Å². The Morgan fingerprint density at radius 1 is 0.955 bits per heavy atom. The van der Waals surface area contributed by atoms with E-state index in [0.717, 1.165) is 6.42 Å². The van der Waals surface area contributed by atoms with Gasteiger partial charge in [0.1, 0.15) is 5.72 Å². The molecule has 22 heavy (non-hydrogen) atoms. The normalized spacial score (nSPS) is 33.8. The van der Waals surface area contributed by atoms with Gasteiger partial charge in [-0.1, -0.05) is 60.7 Å². The van der Waals surface area contributed by atoms with Crippen LogP contribution in [0, 0.1) is 0 Å². The third kappa shape index (κ3) is 2.10. The van der Waals surface area contributed by atoms with Crippen LogP contribution in [-0.2, 0) is 4.74 Å². The molecule has 2 heterocycles. The maximum absolute atomic E-state index is 6.08. The average molecular weight is 293 g/mol. The van der Waals surface area contributed by atoms with Crippen molar-refractivity contribution in [1.29, 1.82) is 0 Å². The molecule has 4 atom stereocenters. The molecule has 2 fully saturated rings. The SMILES string of the molecule is CO[C@]12CCC[C@H](N1)[C@@H](c1ccccc1)[C@@H]2c1ccccc1. The number of nitrogens with one attached hydrogen (secondary N) is 1. The van der Waals surface area contributed by atoms with E-state index >= 15 is 0 Å². The van der Waals surface area contributed by atoms with Crippen LogP contribution in [0.2, 0.25) is 0 Å². The van der Waals surface area contributed by atoms with E-state index in [1.54, 1.807) is 0 Å². The first-order valence-electron chi connectivity index (χ1n) is 8.27. The molecular weight excluding hydrogens is 270 g/mol. The molecule has 1 N–H and O–H groups in total. The first kappa shape index (κ1) is 14.0. The number of methoxy groups -OCH3 is 1. The third-order valence-corrected chi connectivity index (χ3v) is 5.50. The topological polar surface area (TPSA) is 21.3 Å². The van der Waals surface area contributed by atoms with Crippen molar-refractivity contribution in [3.05, 3.63) is 71.8 Å². The summed E-state index contributed by atoms with van der Waals surface area (Å²) in [7, 11) is 1.86. The predicted molar refractivity (Wildman–Crippen MR) is 88.9 cm³/mol. The van der Waals surface area contributed by atoms with Crippen LogP contribution in [0.3, 0.4) is 0 Å². The van der Waals surface area contributed by atoms with E-state index in [4.69, 9.17) is 4.74 Å². The molecule has 2 heteroatoms. The second-order valence-electron chi connectivity index (χ2n) is 6.56. The number of benzene rings is 2. The highest BCUT2D eigenvalue weighted by atomic mass is 16.5. The van der Waals surface area contributed by atoms with E-state index in [0.29, 0.717) is 17.9 Å². The molecule has 2 aromatic carbocycles. The summed E-state index contributed by atoms with van der Waals surface area (Å²) in [6, 6.07) is 22.3. The van der Waals surface area contributed by atoms with Crippen molar-refractivity contribution in [2.24, 2.45) is 0 Å². The highest BCUT2D eigenvalue weighted by Gasteiger charge is 2.56. The lowest BCUT2D eigenvalue weighted by atomic mass is 9.77. The van der Waals surface area contributed by atoms with Crippen LogP contribution in [-0.4, -0.2) is 18.9 Å². The van der Waals surface area contributed by atoms with Gasteiger partial charge in [-0.3, -0.25) is 5.32 Å². The summed E-state index contributed by atoms with van der Waals surface area (Å²) in [5.74, 6) is 0.847. The van der Waals surface area contributed by atoms with Gasteiger partial charge in [0, 0.05) is 25.0 Å². The summed E-state index contributed by atoms with van der Waals surface area (Å²) in [6.07, 6.45) is 3.55. The first-order chi connectivity index (χ1) is 10.8. The number of fused-ring (bicyclic) bond motifs is 2. The van der Waals surface area contributed by atoms with Gasteiger partial charge >= 0.3 is 0 Å². The van der Waals surface area contributed by atoms with Crippen LogP contribution in [0.25, 0.3) is 0 Å². The van der Waals surface area contributed by atoms with Gasteiger partial charge in [0.15, 0.2) is 0 Å². The van der Waals surface area contributed by atoms with E-state index < -0.39 is 0 Å². The Morgan fingerprint density at radius 2 is 1.59 bits per heavy atom. The second-order valence-corrected chi connectivity index (χ2v) is 6.56. The highest BCUT2D eigenvalue weighted by Crippen LogP contribution is 2.54. The summed E-state index contributed by atoms with van der Waals surface area (Å²) in [5, 5.41) is 3.83. The van der Waals surface area contributed by atoms with Gasteiger partial charge in [-0.15, -0.1) is 0 Å². The van der Waals surface area contributed by atoms with E-state index in [2.05, 4.69) is 66.0 Å². The standard InChI is InChI=1S/C20H23NO/c1-22-20-14-8-13-17(21-20)18(15-9-4-2-5-10-15)19(20)16-11-6-3-7-12-16/h2-7,9-12,17-19,21H,8,13-14H2,1H3/t17-,18+,19-,20-/m0/s1. The van der Waals surface area contributed by atoms with Crippen LogP contribution < -0.4 is 5.32 Å². The minimum atomic E-state index is -0.217. The number of hydrogen-bond donors (Lipinski definition) is 1. The Kier molecular flexibility index (Phi) is 3.51. The zero-order valence-corrected chi connectivity index (χ0v) is 13.0. The van der Waals surface area contributed by atoms with Crippen molar-refractivity contribution in [1.82, 2.24) is 5.32 Å². The van der Waals surface area contributed by atoms with Crippen molar-refractivity contribution in [3.63, 3.8) is 0 Å². The molecule has 2 saturated heterocycles. The molecule has 0 aromatic heterocycles. The van der Waals surface area contributed by atoms with Gasteiger partial charge in [-0.2, -0.15) is 0 Å². The fourth-order valence-electron chi connectivity index (χ4n) is 4.60. The van der Waals surface area contributed by atoms with Crippen LogP contribution in [0.5, 0.6) is 0 Å². The monoisotopic (exact) mass is 293 g/mol. The fourth-order valence-corrected chi connectivity index (χ4v) is 4.60. The molecule has 2 aromatic rings. The fraction of sp³-hybridized carbons (Fsp3) is 0.400. The molecule has 0 amide bonds. The third-order valence-electron chi connectivity index (χ3n) is 5.50. The Balaban J connectivity index is 1.84. The molecule has 4 rings (SSSR count). The molecule has 0 saturated carbocycles. The van der Waals surface area contributed by atoms with Gasteiger partial charge in [-0.25, -0.2) is 0 Å². The lowest BCUT2D eigenvalue weighted by molar-refractivity contribution is -0.0579. The highest BCUT2D eigenvalue weighted by molar-refractivity contribution is 5.36. The van der Waals surface area contributed by atoms with Crippen LogP contribution >= 0.6 is 0 Å². The van der Waals surface area contributed by atoms with Gasteiger partial charge < -0.3 is 4.74 Å². The van der Waals surface area contributed by atoms with Crippen molar-refractivity contribution in [2.75, 3.05) is 7.11 Å². The van der Waals surface area contributed by atoms with E-state index in [1.807, 2.05) is 7.11 Å². The van der Waals surface area contributed by atoms with Crippen molar-refractivity contribution < 1.29 is 4.74 Å². The molecule has 2 nitrogen and oxygen atoms in total. The Morgan fingerprint density at radius 3 is 2.23 bits per heavy atom. The minimum absolute atomic E-state index is 0.217. The number of hydrogen-bond acceptors (Lipinski definition) is 2.